The molecule has 0 aliphatic carbocycles. The molecule has 0 aliphatic heterocycles. The van der Waals surface area contributed by atoms with Crippen molar-refractivity contribution in [1.29, 1.82) is 0 Å². The second-order valence-electron chi connectivity index (χ2n) is 2.08. The first-order chi connectivity index (χ1) is 5.00. The standard InChI is InChI=1S/C5H11NO5/c6-1-2(7)3(8)4(9)5(10)11/h2-4,7-9H,1,6H2,(H,10,11)/t2-,3-,4+/m1/s1. The van der Waals surface area contributed by atoms with Crippen LogP contribution in [0.1, 0.15) is 0 Å². The van der Waals surface area contributed by atoms with Gasteiger partial charge in [-0.05, 0) is 0 Å². The average molecular weight is 165 g/mol. The maximum atomic E-state index is 10.00. The van der Waals surface area contributed by atoms with Crippen molar-refractivity contribution in [2.75, 3.05) is 6.54 Å². The second-order valence-corrected chi connectivity index (χ2v) is 2.08. The molecule has 0 aromatic heterocycles. The highest BCUT2D eigenvalue weighted by atomic mass is 16.4. The third-order valence-electron chi connectivity index (χ3n) is 1.21. The molecule has 0 amide bonds. The number of carboxylic acid groups (broad SMARTS) is 1. The minimum Gasteiger partial charge on any atom is -0.479 e. The van der Waals surface area contributed by atoms with Gasteiger partial charge in [0.05, 0.1) is 6.10 Å². The van der Waals surface area contributed by atoms with E-state index in [0.29, 0.717) is 0 Å². The van der Waals surface area contributed by atoms with E-state index in [1.807, 2.05) is 0 Å². The summed E-state index contributed by atoms with van der Waals surface area (Å²) in [5.41, 5.74) is 4.90. The van der Waals surface area contributed by atoms with Crippen LogP contribution < -0.4 is 5.73 Å². The van der Waals surface area contributed by atoms with E-state index in [9.17, 15) is 4.79 Å². The van der Waals surface area contributed by atoms with E-state index in [1.54, 1.807) is 0 Å². The fourth-order valence-electron chi connectivity index (χ4n) is 0.496. The molecular formula is C5H11NO5. The summed E-state index contributed by atoms with van der Waals surface area (Å²) in [6.07, 6.45) is -5.15. The first-order valence-electron chi connectivity index (χ1n) is 2.97. The van der Waals surface area contributed by atoms with Crippen molar-refractivity contribution < 1.29 is 25.2 Å². The van der Waals surface area contributed by atoms with Crippen molar-refractivity contribution in [3.05, 3.63) is 0 Å². The van der Waals surface area contributed by atoms with Gasteiger partial charge in [-0.3, -0.25) is 0 Å². The molecule has 0 saturated heterocycles. The lowest BCUT2D eigenvalue weighted by Gasteiger charge is -2.18. The minimum absolute atomic E-state index is 0.300. The molecule has 66 valence electrons. The number of hydrogen-bond donors (Lipinski definition) is 5. The minimum atomic E-state index is -1.99. The van der Waals surface area contributed by atoms with E-state index in [1.165, 1.54) is 0 Å². The molecule has 6 N–H and O–H groups in total. The zero-order valence-electron chi connectivity index (χ0n) is 5.71. The number of aliphatic hydroxyl groups is 3. The van der Waals surface area contributed by atoms with Crippen LogP contribution in [0.3, 0.4) is 0 Å². The third-order valence-corrected chi connectivity index (χ3v) is 1.21. The van der Waals surface area contributed by atoms with E-state index in [0.717, 1.165) is 0 Å². The number of carboxylic acids is 1. The quantitative estimate of drug-likeness (QED) is 0.304. The number of hydrogen-bond acceptors (Lipinski definition) is 5. The fraction of sp³-hybridized carbons (Fsp3) is 0.800. The Bertz CT molecular complexity index is 139. The summed E-state index contributed by atoms with van der Waals surface area (Å²) in [6.45, 7) is -0.300. The van der Waals surface area contributed by atoms with Crippen LogP contribution in [0.2, 0.25) is 0 Å². The monoisotopic (exact) mass is 165 g/mol. The van der Waals surface area contributed by atoms with Gasteiger partial charge >= 0.3 is 5.97 Å². The van der Waals surface area contributed by atoms with Gasteiger partial charge in [0, 0.05) is 6.54 Å². The van der Waals surface area contributed by atoms with Crippen LogP contribution in [0, 0.1) is 0 Å². The molecule has 0 rings (SSSR count). The number of carbonyl (C=O) groups is 1. The molecule has 0 fully saturated rings. The number of nitrogens with two attached hydrogens (primary N) is 1. The van der Waals surface area contributed by atoms with Crippen molar-refractivity contribution in [3.8, 4) is 0 Å². The first kappa shape index (κ1) is 10.3. The van der Waals surface area contributed by atoms with Crippen LogP contribution in [0.25, 0.3) is 0 Å². The van der Waals surface area contributed by atoms with Gasteiger partial charge in [0.1, 0.15) is 6.10 Å². The van der Waals surface area contributed by atoms with Crippen LogP contribution in [0.15, 0.2) is 0 Å². The largest absolute Gasteiger partial charge is 0.479 e. The van der Waals surface area contributed by atoms with Gasteiger partial charge in [-0.2, -0.15) is 0 Å². The molecule has 0 heterocycles. The lowest BCUT2D eigenvalue weighted by atomic mass is 10.1. The van der Waals surface area contributed by atoms with Crippen molar-refractivity contribution in [1.82, 2.24) is 0 Å². The van der Waals surface area contributed by atoms with Gasteiger partial charge < -0.3 is 26.2 Å². The molecule has 0 spiro atoms. The SMILES string of the molecule is NC[C@@H](O)[C@@H](O)[C@H](O)C(=O)O. The zero-order valence-corrected chi connectivity index (χ0v) is 5.71. The molecule has 6 nitrogen and oxygen atoms in total. The Morgan fingerprint density at radius 3 is 2.09 bits per heavy atom. The Kier molecular flexibility index (Phi) is 3.98. The second kappa shape index (κ2) is 4.24. The topological polar surface area (TPSA) is 124 Å². The first-order valence-corrected chi connectivity index (χ1v) is 2.97. The number of rotatable bonds is 4. The van der Waals surface area contributed by atoms with Gasteiger partial charge in [0.15, 0.2) is 6.10 Å². The molecule has 3 atom stereocenters. The predicted molar refractivity (Wildman–Crippen MR) is 34.7 cm³/mol. The summed E-state index contributed by atoms with van der Waals surface area (Å²) in [6, 6.07) is 0. The molecule has 0 aliphatic rings. The van der Waals surface area contributed by atoms with E-state index < -0.39 is 24.3 Å². The molecule has 0 bridgehead atoms. The van der Waals surface area contributed by atoms with E-state index in [-0.39, 0.29) is 6.54 Å². The summed E-state index contributed by atoms with van der Waals surface area (Å²) < 4.78 is 0. The van der Waals surface area contributed by atoms with Gasteiger partial charge in [0.25, 0.3) is 0 Å². The lowest BCUT2D eigenvalue weighted by Crippen LogP contribution is -2.45. The van der Waals surface area contributed by atoms with Gasteiger partial charge in [-0.25, -0.2) is 4.79 Å². The zero-order chi connectivity index (χ0) is 9.02. The van der Waals surface area contributed by atoms with E-state index in [2.05, 4.69) is 0 Å². The molecular weight excluding hydrogens is 154 g/mol. The summed E-state index contributed by atoms with van der Waals surface area (Å²) in [5.74, 6) is -1.59. The Hall–Kier alpha value is -0.690. The molecule has 0 aromatic rings. The maximum Gasteiger partial charge on any atom is 0.335 e. The Morgan fingerprint density at radius 1 is 1.36 bits per heavy atom. The van der Waals surface area contributed by atoms with Crippen LogP contribution in [-0.2, 0) is 4.79 Å². The summed E-state index contributed by atoms with van der Waals surface area (Å²) in [7, 11) is 0. The summed E-state index contributed by atoms with van der Waals surface area (Å²) in [4.78, 5) is 10.00. The van der Waals surface area contributed by atoms with Crippen molar-refractivity contribution in [2.45, 2.75) is 18.3 Å². The predicted octanol–water partition coefficient (Wildman–Crippen LogP) is -2.89. The van der Waals surface area contributed by atoms with Crippen molar-refractivity contribution >= 4 is 5.97 Å². The van der Waals surface area contributed by atoms with E-state index in [4.69, 9.17) is 26.2 Å². The fourth-order valence-corrected chi connectivity index (χ4v) is 0.496. The van der Waals surface area contributed by atoms with E-state index >= 15 is 0 Å². The van der Waals surface area contributed by atoms with Crippen LogP contribution in [0.4, 0.5) is 0 Å². The normalized spacial score (nSPS) is 18.9. The molecule has 6 heteroatoms. The van der Waals surface area contributed by atoms with Gasteiger partial charge in [-0.15, -0.1) is 0 Å². The highest BCUT2D eigenvalue weighted by Crippen LogP contribution is 1.98. The van der Waals surface area contributed by atoms with Gasteiger partial charge in [-0.1, -0.05) is 0 Å². The lowest BCUT2D eigenvalue weighted by molar-refractivity contribution is -0.157. The highest BCUT2D eigenvalue weighted by molar-refractivity contribution is 5.72. The molecule has 0 unspecified atom stereocenters. The van der Waals surface area contributed by atoms with Crippen molar-refractivity contribution in [3.63, 3.8) is 0 Å². The smallest absolute Gasteiger partial charge is 0.335 e. The summed E-state index contributed by atoms with van der Waals surface area (Å²) >= 11 is 0. The molecule has 11 heavy (non-hydrogen) atoms. The van der Waals surface area contributed by atoms with Crippen molar-refractivity contribution in [2.24, 2.45) is 5.73 Å². The Labute approximate surface area is 62.9 Å². The Balaban J connectivity index is 4.00. The average Bonchev–Trinajstić information content (AvgIpc) is 2.00. The summed E-state index contributed by atoms with van der Waals surface area (Å²) in [5, 5.41) is 34.3. The molecule has 0 aromatic carbocycles. The van der Waals surface area contributed by atoms with Crippen LogP contribution in [0.5, 0.6) is 0 Å². The third kappa shape index (κ3) is 2.81. The maximum absolute atomic E-state index is 10.00. The van der Waals surface area contributed by atoms with Crippen LogP contribution in [-0.4, -0.2) is 51.3 Å². The van der Waals surface area contributed by atoms with Gasteiger partial charge in [0.2, 0.25) is 0 Å². The molecule has 0 radical (unpaired) electrons. The Morgan fingerprint density at radius 2 is 1.82 bits per heavy atom. The number of aliphatic carboxylic acids is 1. The van der Waals surface area contributed by atoms with Crippen LogP contribution >= 0.6 is 0 Å². The molecule has 0 saturated carbocycles. The highest BCUT2D eigenvalue weighted by Gasteiger charge is 2.28. The number of aliphatic hydroxyl groups excluding tert-OH is 3.